The average molecular weight is 477 g/mol. The number of nitrogens with zero attached hydrogens (tertiary/aromatic N) is 2. The van der Waals surface area contributed by atoms with E-state index in [4.69, 9.17) is 9.15 Å². The summed E-state index contributed by atoms with van der Waals surface area (Å²) in [6, 6.07) is 12.9. The van der Waals surface area contributed by atoms with Crippen molar-refractivity contribution in [2.45, 2.75) is 40.7 Å². The highest BCUT2D eigenvalue weighted by Gasteiger charge is 2.26. The van der Waals surface area contributed by atoms with Crippen molar-refractivity contribution in [1.82, 2.24) is 9.97 Å². The molecule has 7 nitrogen and oxygen atoms in total. The third kappa shape index (κ3) is 5.12. The highest BCUT2D eigenvalue weighted by Crippen LogP contribution is 2.41. The van der Waals surface area contributed by atoms with Crippen molar-refractivity contribution in [2.75, 3.05) is 17.2 Å². The van der Waals surface area contributed by atoms with Crippen molar-refractivity contribution >= 4 is 28.2 Å². The molecule has 0 bridgehead atoms. The monoisotopic (exact) mass is 476 g/mol. The molecule has 0 aliphatic rings. The number of benzene rings is 1. The first-order chi connectivity index (χ1) is 16.4. The third-order valence-electron chi connectivity index (χ3n) is 5.47. The van der Waals surface area contributed by atoms with Crippen molar-refractivity contribution in [3.8, 4) is 5.75 Å². The zero-order valence-corrected chi connectivity index (χ0v) is 20.7. The van der Waals surface area contributed by atoms with Crippen LogP contribution in [0.3, 0.4) is 0 Å². The SMILES string of the molecule is CCOc1ccc([C@H](Nc2nc(C)cc(C)n2)c2c(NC(=O)c3ccco3)sc(C)c2C)cc1. The van der Waals surface area contributed by atoms with Gasteiger partial charge in [0, 0.05) is 21.8 Å². The molecule has 1 atom stereocenters. The highest BCUT2D eigenvalue weighted by molar-refractivity contribution is 7.16. The smallest absolute Gasteiger partial charge is 0.291 e. The number of rotatable bonds is 8. The lowest BCUT2D eigenvalue weighted by atomic mass is 9.96. The molecule has 0 radical (unpaired) electrons. The van der Waals surface area contributed by atoms with Gasteiger partial charge in [0.1, 0.15) is 10.8 Å². The van der Waals surface area contributed by atoms with Crippen molar-refractivity contribution < 1.29 is 13.9 Å². The maximum atomic E-state index is 12.8. The van der Waals surface area contributed by atoms with Gasteiger partial charge in [-0.25, -0.2) is 9.97 Å². The van der Waals surface area contributed by atoms with Crippen LogP contribution in [0.4, 0.5) is 10.9 Å². The molecular weight excluding hydrogens is 448 g/mol. The summed E-state index contributed by atoms with van der Waals surface area (Å²) in [4.78, 5) is 23.1. The van der Waals surface area contributed by atoms with E-state index in [9.17, 15) is 4.79 Å². The van der Waals surface area contributed by atoms with Gasteiger partial charge in [0.05, 0.1) is 18.9 Å². The minimum absolute atomic E-state index is 0.262. The maximum Gasteiger partial charge on any atom is 0.291 e. The molecule has 1 aromatic carbocycles. The Morgan fingerprint density at radius 1 is 1.09 bits per heavy atom. The van der Waals surface area contributed by atoms with Crippen molar-refractivity contribution in [3.63, 3.8) is 0 Å². The Kier molecular flexibility index (Phi) is 6.98. The van der Waals surface area contributed by atoms with E-state index in [1.54, 1.807) is 12.1 Å². The predicted molar refractivity (Wildman–Crippen MR) is 135 cm³/mol. The van der Waals surface area contributed by atoms with Crippen LogP contribution in [-0.4, -0.2) is 22.5 Å². The van der Waals surface area contributed by atoms with Crippen LogP contribution in [0, 0.1) is 27.7 Å². The first-order valence-electron chi connectivity index (χ1n) is 11.1. The van der Waals surface area contributed by atoms with Crippen molar-refractivity contribution in [3.05, 3.63) is 87.4 Å². The Balaban J connectivity index is 1.78. The lowest BCUT2D eigenvalue weighted by molar-refractivity contribution is 0.0997. The number of carbonyl (C=O) groups is 1. The number of ether oxygens (including phenoxy) is 1. The second kappa shape index (κ2) is 10.1. The summed E-state index contributed by atoms with van der Waals surface area (Å²) in [6.45, 7) is 10.6. The Bertz CT molecular complexity index is 1260. The van der Waals surface area contributed by atoms with Crippen LogP contribution in [0.1, 0.15) is 56.5 Å². The maximum absolute atomic E-state index is 12.8. The number of aromatic nitrogens is 2. The van der Waals surface area contributed by atoms with Gasteiger partial charge in [0.2, 0.25) is 5.95 Å². The molecule has 4 rings (SSSR count). The van der Waals surface area contributed by atoms with E-state index in [-0.39, 0.29) is 17.7 Å². The second-order valence-corrected chi connectivity index (χ2v) is 9.24. The normalized spacial score (nSPS) is 11.8. The Morgan fingerprint density at radius 3 is 2.41 bits per heavy atom. The predicted octanol–water partition coefficient (Wildman–Crippen LogP) is 6.22. The quantitative estimate of drug-likeness (QED) is 0.314. The van der Waals surface area contributed by atoms with Crippen LogP contribution >= 0.6 is 11.3 Å². The molecule has 1 amide bonds. The number of anilines is 2. The molecule has 0 unspecified atom stereocenters. The summed E-state index contributed by atoms with van der Waals surface area (Å²) in [5.74, 6) is 1.30. The zero-order chi connectivity index (χ0) is 24.2. The average Bonchev–Trinajstić information content (AvgIpc) is 3.42. The molecule has 0 saturated carbocycles. The van der Waals surface area contributed by atoms with Gasteiger partial charge in [0.15, 0.2) is 5.76 Å². The van der Waals surface area contributed by atoms with E-state index in [1.165, 1.54) is 17.6 Å². The van der Waals surface area contributed by atoms with Crippen LogP contribution < -0.4 is 15.4 Å². The second-order valence-electron chi connectivity index (χ2n) is 8.01. The first kappa shape index (κ1) is 23.5. The number of hydrogen-bond acceptors (Lipinski definition) is 7. The van der Waals surface area contributed by atoms with E-state index in [2.05, 4.69) is 34.4 Å². The summed E-state index contributed by atoms with van der Waals surface area (Å²) in [5, 5.41) is 7.32. The Morgan fingerprint density at radius 2 is 1.79 bits per heavy atom. The van der Waals surface area contributed by atoms with Crippen LogP contribution in [0.2, 0.25) is 0 Å². The lowest BCUT2D eigenvalue weighted by Gasteiger charge is -2.22. The largest absolute Gasteiger partial charge is 0.494 e. The highest BCUT2D eigenvalue weighted by atomic mass is 32.1. The lowest BCUT2D eigenvalue weighted by Crippen LogP contribution is -2.18. The van der Waals surface area contributed by atoms with Gasteiger partial charge in [-0.05, 0) is 76.1 Å². The van der Waals surface area contributed by atoms with Gasteiger partial charge < -0.3 is 19.8 Å². The van der Waals surface area contributed by atoms with E-state index >= 15 is 0 Å². The topological polar surface area (TPSA) is 89.3 Å². The number of nitrogens with one attached hydrogen (secondary N) is 2. The molecule has 0 aliphatic carbocycles. The molecule has 4 aromatic rings. The number of hydrogen-bond donors (Lipinski definition) is 2. The minimum atomic E-state index is -0.297. The van der Waals surface area contributed by atoms with Crippen molar-refractivity contribution in [2.24, 2.45) is 0 Å². The first-order valence-corrected chi connectivity index (χ1v) is 11.9. The number of amides is 1. The standard InChI is InChI=1S/C26H28N4O3S/c1-6-32-20-11-9-19(10-12-20)23(29-26-27-15(2)14-16(3)28-26)22-17(4)18(5)34-25(22)30-24(31)21-8-7-13-33-21/h7-14,23H,6H2,1-5H3,(H,30,31)(H,27,28,29)/t23-/m0/s1. The number of furan rings is 1. The summed E-state index contributed by atoms with van der Waals surface area (Å²) in [7, 11) is 0. The summed E-state index contributed by atoms with van der Waals surface area (Å²) in [6.07, 6.45) is 1.49. The molecule has 0 saturated heterocycles. The molecule has 0 aliphatic heterocycles. The van der Waals surface area contributed by atoms with Gasteiger partial charge >= 0.3 is 0 Å². The number of carbonyl (C=O) groups excluding carboxylic acids is 1. The van der Waals surface area contributed by atoms with Gasteiger partial charge in [-0.3, -0.25) is 4.79 Å². The molecular formula is C26H28N4O3S. The zero-order valence-electron chi connectivity index (χ0n) is 19.9. The van der Waals surface area contributed by atoms with E-state index in [1.807, 2.05) is 51.1 Å². The number of aryl methyl sites for hydroxylation is 3. The molecule has 0 spiro atoms. The molecule has 176 valence electrons. The minimum Gasteiger partial charge on any atom is -0.494 e. The van der Waals surface area contributed by atoms with E-state index in [0.717, 1.165) is 43.7 Å². The summed E-state index contributed by atoms with van der Waals surface area (Å²) >= 11 is 1.54. The molecule has 3 aromatic heterocycles. The summed E-state index contributed by atoms with van der Waals surface area (Å²) < 4.78 is 10.9. The molecule has 0 fully saturated rings. The van der Waals surface area contributed by atoms with E-state index in [0.29, 0.717) is 12.6 Å². The fraction of sp³-hybridized carbons (Fsp3) is 0.269. The van der Waals surface area contributed by atoms with Gasteiger partial charge in [0.25, 0.3) is 5.91 Å². The van der Waals surface area contributed by atoms with Gasteiger partial charge in [-0.2, -0.15) is 0 Å². The van der Waals surface area contributed by atoms with Gasteiger partial charge in [-0.1, -0.05) is 12.1 Å². The van der Waals surface area contributed by atoms with Crippen LogP contribution in [0.15, 0.2) is 53.1 Å². The van der Waals surface area contributed by atoms with Gasteiger partial charge in [-0.15, -0.1) is 11.3 Å². The number of thiophene rings is 1. The fourth-order valence-electron chi connectivity index (χ4n) is 3.82. The van der Waals surface area contributed by atoms with Crippen LogP contribution in [0.5, 0.6) is 5.75 Å². The fourth-order valence-corrected chi connectivity index (χ4v) is 4.92. The van der Waals surface area contributed by atoms with Crippen molar-refractivity contribution in [1.29, 1.82) is 0 Å². The molecule has 3 heterocycles. The molecule has 2 N–H and O–H groups in total. The van der Waals surface area contributed by atoms with E-state index < -0.39 is 0 Å². The molecule has 8 heteroatoms. The van der Waals surface area contributed by atoms with Crippen LogP contribution in [-0.2, 0) is 0 Å². The Hall–Kier alpha value is -3.65. The Labute approximate surface area is 203 Å². The summed E-state index contributed by atoms with van der Waals surface area (Å²) in [5.41, 5.74) is 4.82. The third-order valence-corrected chi connectivity index (χ3v) is 6.61. The van der Waals surface area contributed by atoms with Crippen LogP contribution in [0.25, 0.3) is 0 Å². The molecule has 34 heavy (non-hydrogen) atoms.